The molecule has 1 aliphatic carbocycles. The second kappa shape index (κ2) is 5.40. The Morgan fingerprint density at radius 1 is 1.25 bits per heavy atom. The van der Waals surface area contributed by atoms with E-state index in [-0.39, 0.29) is 17.7 Å². The van der Waals surface area contributed by atoms with Crippen molar-refractivity contribution in [2.45, 2.75) is 37.6 Å². The summed E-state index contributed by atoms with van der Waals surface area (Å²) in [7, 11) is 0. The molecule has 24 heavy (non-hydrogen) atoms. The molecule has 1 N–H and O–H groups in total. The van der Waals surface area contributed by atoms with Crippen LogP contribution >= 0.6 is 0 Å². The second-order valence-corrected chi connectivity index (χ2v) is 7.02. The third-order valence-corrected chi connectivity index (χ3v) is 5.47. The maximum atomic E-state index is 12.8. The first-order chi connectivity index (χ1) is 11.5. The van der Waals surface area contributed by atoms with Gasteiger partial charge in [-0.1, -0.05) is 6.07 Å². The molecule has 4 rings (SSSR count). The average Bonchev–Trinajstić information content (AvgIpc) is 3.29. The van der Waals surface area contributed by atoms with E-state index in [0.717, 1.165) is 29.9 Å². The number of amides is 1. The number of carbonyl (C=O) groups is 2. The first kappa shape index (κ1) is 15.3. The van der Waals surface area contributed by atoms with Crippen molar-refractivity contribution in [3.8, 4) is 11.5 Å². The number of ether oxygens (including phenoxy) is 2. The molecule has 0 radical (unpaired) electrons. The van der Waals surface area contributed by atoms with E-state index in [0.29, 0.717) is 26.2 Å². The molecule has 3 atom stereocenters. The average molecular weight is 331 g/mol. The SMILES string of the molecule is CC1(C(=O)O)CCCN1C(=O)C1CC1c1ccc2c(c1)OCCO2. The normalized spacial score (nSPS) is 31.0. The molecule has 1 aromatic rings. The van der Waals surface area contributed by atoms with E-state index >= 15 is 0 Å². The smallest absolute Gasteiger partial charge is 0.329 e. The van der Waals surface area contributed by atoms with Gasteiger partial charge in [-0.2, -0.15) is 0 Å². The molecule has 0 aromatic heterocycles. The maximum absolute atomic E-state index is 12.8. The first-order valence-electron chi connectivity index (χ1n) is 8.45. The lowest BCUT2D eigenvalue weighted by atomic mass is 9.98. The zero-order valence-corrected chi connectivity index (χ0v) is 13.7. The second-order valence-electron chi connectivity index (χ2n) is 7.02. The van der Waals surface area contributed by atoms with Crippen molar-refractivity contribution < 1.29 is 24.2 Å². The van der Waals surface area contributed by atoms with E-state index in [1.54, 1.807) is 11.8 Å². The van der Waals surface area contributed by atoms with Gasteiger partial charge in [-0.15, -0.1) is 0 Å². The zero-order valence-electron chi connectivity index (χ0n) is 13.7. The fourth-order valence-corrected chi connectivity index (χ4v) is 3.87. The fraction of sp³-hybridized carbons (Fsp3) is 0.556. The monoisotopic (exact) mass is 331 g/mol. The van der Waals surface area contributed by atoms with Gasteiger partial charge in [0, 0.05) is 12.5 Å². The zero-order chi connectivity index (χ0) is 16.9. The minimum absolute atomic E-state index is 0.0303. The number of fused-ring (bicyclic) bond motifs is 1. The summed E-state index contributed by atoms with van der Waals surface area (Å²) in [6.45, 7) is 3.28. The minimum Gasteiger partial charge on any atom is -0.486 e. The van der Waals surface area contributed by atoms with Crippen molar-refractivity contribution in [2.24, 2.45) is 5.92 Å². The summed E-state index contributed by atoms with van der Waals surface area (Å²) in [6.07, 6.45) is 2.04. The Morgan fingerprint density at radius 2 is 2.00 bits per heavy atom. The number of carboxylic acids is 1. The summed E-state index contributed by atoms with van der Waals surface area (Å²) >= 11 is 0. The van der Waals surface area contributed by atoms with Crippen LogP contribution in [-0.4, -0.2) is 47.2 Å². The third kappa shape index (κ3) is 2.32. The molecule has 0 spiro atoms. The molecule has 1 aromatic carbocycles. The molecule has 1 amide bonds. The molecular formula is C18H21NO5. The number of hydrogen-bond acceptors (Lipinski definition) is 4. The van der Waals surface area contributed by atoms with Gasteiger partial charge < -0.3 is 19.5 Å². The van der Waals surface area contributed by atoms with Gasteiger partial charge in [-0.05, 0) is 49.8 Å². The topological polar surface area (TPSA) is 76.1 Å². The van der Waals surface area contributed by atoms with Crippen molar-refractivity contribution >= 4 is 11.9 Å². The molecule has 6 nitrogen and oxygen atoms in total. The molecule has 3 aliphatic rings. The highest BCUT2D eigenvalue weighted by atomic mass is 16.6. The summed E-state index contributed by atoms with van der Waals surface area (Å²) in [4.78, 5) is 25.9. The van der Waals surface area contributed by atoms with Gasteiger partial charge in [0.25, 0.3) is 0 Å². The Balaban J connectivity index is 1.50. The standard InChI is InChI=1S/C18H21NO5/c1-18(17(21)22)5-2-6-19(18)16(20)13-10-12(13)11-3-4-14-15(9-11)24-8-7-23-14/h3-4,9,12-13H,2,5-8,10H2,1H3,(H,21,22). The van der Waals surface area contributed by atoms with Crippen LogP contribution in [-0.2, 0) is 9.59 Å². The van der Waals surface area contributed by atoms with Crippen LogP contribution in [0.3, 0.4) is 0 Å². The number of nitrogens with zero attached hydrogens (tertiary/aromatic N) is 1. The van der Waals surface area contributed by atoms with Gasteiger partial charge in [-0.3, -0.25) is 4.79 Å². The summed E-state index contributed by atoms with van der Waals surface area (Å²) < 4.78 is 11.1. The molecule has 6 heteroatoms. The Hall–Kier alpha value is -2.24. The van der Waals surface area contributed by atoms with E-state index in [4.69, 9.17) is 9.47 Å². The highest BCUT2D eigenvalue weighted by Gasteiger charge is 2.53. The van der Waals surface area contributed by atoms with Gasteiger partial charge >= 0.3 is 5.97 Å². The van der Waals surface area contributed by atoms with Gasteiger partial charge in [-0.25, -0.2) is 4.79 Å². The largest absolute Gasteiger partial charge is 0.486 e. The number of aliphatic carboxylic acids is 1. The van der Waals surface area contributed by atoms with Crippen LogP contribution in [0.15, 0.2) is 18.2 Å². The van der Waals surface area contributed by atoms with E-state index in [1.807, 2.05) is 18.2 Å². The molecule has 1 saturated carbocycles. The highest BCUT2D eigenvalue weighted by Crippen LogP contribution is 2.51. The van der Waals surface area contributed by atoms with E-state index < -0.39 is 11.5 Å². The van der Waals surface area contributed by atoms with E-state index in [9.17, 15) is 14.7 Å². The van der Waals surface area contributed by atoms with E-state index in [1.165, 1.54) is 0 Å². The van der Waals surface area contributed by atoms with Crippen LogP contribution in [0.2, 0.25) is 0 Å². The van der Waals surface area contributed by atoms with Crippen LogP contribution in [0.1, 0.15) is 37.7 Å². The van der Waals surface area contributed by atoms with E-state index in [2.05, 4.69) is 0 Å². The molecule has 2 fully saturated rings. The number of carboxylic acid groups (broad SMARTS) is 1. The number of likely N-dealkylation sites (tertiary alicyclic amines) is 1. The van der Waals surface area contributed by atoms with Crippen molar-refractivity contribution in [3.05, 3.63) is 23.8 Å². The van der Waals surface area contributed by atoms with Gasteiger partial charge in [0.15, 0.2) is 11.5 Å². The van der Waals surface area contributed by atoms with Crippen LogP contribution in [0.25, 0.3) is 0 Å². The molecule has 2 heterocycles. The number of rotatable bonds is 3. The summed E-state index contributed by atoms with van der Waals surface area (Å²) in [6, 6.07) is 5.82. The van der Waals surface area contributed by atoms with Crippen LogP contribution in [0.5, 0.6) is 11.5 Å². The Bertz CT molecular complexity index is 703. The lowest BCUT2D eigenvalue weighted by molar-refractivity contribution is -0.155. The number of benzene rings is 1. The van der Waals surface area contributed by atoms with Gasteiger partial charge in [0.05, 0.1) is 0 Å². The molecule has 1 saturated heterocycles. The molecule has 3 unspecified atom stereocenters. The van der Waals surface area contributed by atoms with Crippen molar-refractivity contribution in [2.75, 3.05) is 19.8 Å². The predicted molar refractivity (Wildman–Crippen MR) is 85.3 cm³/mol. The van der Waals surface area contributed by atoms with Crippen molar-refractivity contribution in [1.29, 1.82) is 0 Å². The van der Waals surface area contributed by atoms with Crippen LogP contribution in [0.4, 0.5) is 0 Å². The van der Waals surface area contributed by atoms with Crippen molar-refractivity contribution in [3.63, 3.8) is 0 Å². The highest BCUT2D eigenvalue weighted by molar-refractivity contribution is 5.90. The maximum Gasteiger partial charge on any atom is 0.329 e. The quantitative estimate of drug-likeness (QED) is 0.917. The Morgan fingerprint density at radius 3 is 2.75 bits per heavy atom. The van der Waals surface area contributed by atoms with Gasteiger partial charge in [0.2, 0.25) is 5.91 Å². The molecular weight excluding hydrogens is 310 g/mol. The first-order valence-corrected chi connectivity index (χ1v) is 8.45. The Kier molecular flexibility index (Phi) is 3.44. The van der Waals surface area contributed by atoms with Gasteiger partial charge in [0.1, 0.15) is 18.8 Å². The summed E-state index contributed by atoms with van der Waals surface area (Å²) in [5, 5.41) is 9.49. The lowest BCUT2D eigenvalue weighted by Crippen LogP contribution is -2.51. The summed E-state index contributed by atoms with van der Waals surface area (Å²) in [5.41, 5.74) is 0.00522. The number of hydrogen-bond donors (Lipinski definition) is 1. The molecule has 2 aliphatic heterocycles. The van der Waals surface area contributed by atoms with Crippen LogP contribution in [0, 0.1) is 5.92 Å². The molecule has 0 bridgehead atoms. The Labute approximate surface area is 140 Å². The number of carbonyl (C=O) groups excluding carboxylic acids is 1. The van der Waals surface area contributed by atoms with Crippen LogP contribution < -0.4 is 9.47 Å². The fourth-order valence-electron chi connectivity index (χ4n) is 3.87. The predicted octanol–water partition coefficient (Wildman–Crippen LogP) is 2.03. The van der Waals surface area contributed by atoms with Crippen molar-refractivity contribution in [1.82, 2.24) is 4.90 Å². The summed E-state index contributed by atoms with van der Waals surface area (Å²) in [5.74, 6) is 0.554. The molecule has 128 valence electrons. The minimum atomic E-state index is -1.06. The third-order valence-electron chi connectivity index (χ3n) is 5.47. The lowest BCUT2D eigenvalue weighted by Gasteiger charge is -2.31.